The second kappa shape index (κ2) is 7.54. The normalized spacial score (nSPS) is 21.8. The maximum atomic E-state index is 11.8. The SMILES string of the molecule is CCOC(=O)c1cc(NC2CCC(SC)CC2)ncc1N. The quantitative estimate of drug-likeness (QED) is 0.814. The van der Waals surface area contributed by atoms with E-state index in [2.05, 4.69) is 16.6 Å². The van der Waals surface area contributed by atoms with Gasteiger partial charge < -0.3 is 15.8 Å². The number of anilines is 2. The number of thioether (sulfide) groups is 1. The van der Waals surface area contributed by atoms with Gasteiger partial charge in [0.2, 0.25) is 0 Å². The molecule has 0 amide bonds. The van der Waals surface area contributed by atoms with Crippen LogP contribution in [0, 0.1) is 0 Å². The van der Waals surface area contributed by atoms with Gasteiger partial charge in [-0.05, 0) is 44.9 Å². The highest BCUT2D eigenvalue weighted by atomic mass is 32.2. The van der Waals surface area contributed by atoms with Crippen molar-refractivity contribution in [2.24, 2.45) is 0 Å². The standard InChI is InChI=1S/C15H23N3O2S/c1-3-20-15(19)12-8-14(17-9-13(12)16)18-10-4-6-11(21-2)7-5-10/h8-11H,3-7,16H2,1-2H3,(H,17,18). The van der Waals surface area contributed by atoms with Crippen LogP contribution in [0.2, 0.25) is 0 Å². The second-order valence-corrected chi connectivity index (χ2v) is 6.37. The molecule has 1 heterocycles. The first-order valence-electron chi connectivity index (χ1n) is 7.36. The number of pyridine rings is 1. The van der Waals surface area contributed by atoms with Gasteiger partial charge in [0, 0.05) is 11.3 Å². The summed E-state index contributed by atoms with van der Waals surface area (Å²) in [4.78, 5) is 16.1. The lowest BCUT2D eigenvalue weighted by Crippen LogP contribution is -2.27. The Bertz CT molecular complexity index is 488. The summed E-state index contributed by atoms with van der Waals surface area (Å²) in [7, 11) is 0. The Morgan fingerprint density at radius 2 is 2.19 bits per heavy atom. The maximum absolute atomic E-state index is 11.8. The monoisotopic (exact) mass is 309 g/mol. The van der Waals surface area contributed by atoms with Gasteiger partial charge in [-0.2, -0.15) is 11.8 Å². The fraction of sp³-hybridized carbons (Fsp3) is 0.600. The first-order valence-corrected chi connectivity index (χ1v) is 8.64. The third kappa shape index (κ3) is 4.27. The van der Waals surface area contributed by atoms with Gasteiger partial charge in [0.25, 0.3) is 0 Å². The molecule has 1 fully saturated rings. The lowest BCUT2D eigenvalue weighted by molar-refractivity contribution is 0.0527. The van der Waals surface area contributed by atoms with Crippen molar-refractivity contribution in [3.63, 3.8) is 0 Å². The number of esters is 1. The van der Waals surface area contributed by atoms with Crippen LogP contribution in [-0.4, -0.2) is 35.1 Å². The molecule has 0 aromatic carbocycles. The average Bonchev–Trinajstić information content (AvgIpc) is 2.50. The molecule has 0 atom stereocenters. The van der Waals surface area contributed by atoms with E-state index in [0.717, 1.165) is 18.1 Å². The van der Waals surface area contributed by atoms with Gasteiger partial charge in [-0.1, -0.05) is 0 Å². The van der Waals surface area contributed by atoms with Crippen LogP contribution in [0.4, 0.5) is 11.5 Å². The number of hydrogen-bond acceptors (Lipinski definition) is 6. The minimum Gasteiger partial charge on any atom is -0.462 e. The number of nitrogens with two attached hydrogens (primary N) is 1. The molecule has 1 aromatic rings. The van der Waals surface area contributed by atoms with Crippen LogP contribution in [0.1, 0.15) is 43.0 Å². The molecule has 1 aliphatic carbocycles. The summed E-state index contributed by atoms with van der Waals surface area (Å²) >= 11 is 1.95. The molecule has 1 saturated carbocycles. The van der Waals surface area contributed by atoms with Crippen molar-refractivity contribution in [2.45, 2.75) is 43.9 Å². The minimum atomic E-state index is -0.397. The van der Waals surface area contributed by atoms with Crippen LogP contribution in [0.5, 0.6) is 0 Å². The van der Waals surface area contributed by atoms with E-state index in [-0.39, 0.29) is 0 Å². The fourth-order valence-electron chi connectivity index (χ4n) is 2.58. The molecule has 5 nitrogen and oxygen atoms in total. The highest BCUT2D eigenvalue weighted by Crippen LogP contribution is 2.28. The first-order chi connectivity index (χ1) is 10.1. The summed E-state index contributed by atoms with van der Waals surface area (Å²) in [5, 5.41) is 4.18. The predicted molar refractivity (Wildman–Crippen MR) is 87.8 cm³/mol. The van der Waals surface area contributed by atoms with Crippen LogP contribution in [0.15, 0.2) is 12.3 Å². The van der Waals surface area contributed by atoms with E-state index in [0.29, 0.717) is 29.7 Å². The molecule has 0 spiro atoms. The molecular formula is C15H23N3O2S. The van der Waals surface area contributed by atoms with E-state index in [1.807, 2.05) is 11.8 Å². The molecule has 0 bridgehead atoms. The van der Waals surface area contributed by atoms with E-state index < -0.39 is 5.97 Å². The Morgan fingerprint density at radius 1 is 1.48 bits per heavy atom. The van der Waals surface area contributed by atoms with Gasteiger partial charge in [-0.3, -0.25) is 0 Å². The van der Waals surface area contributed by atoms with E-state index in [4.69, 9.17) is 10.5 Å². The molecule has 0 aliphatic heterocycles. The smallest absolute Gasteiger partial charge is 0.340 e. The Labute approximate surface area is 130 Å². The second-order valence-electron chi connectivity index (χ2n) is 5.23. The van der Waals surface area contributed by atoms with Crippen LogP contribution < -0.4 is 11.1 Å². The van der Waals surface area contributed by atoms with E-state index in [1.165, 1.54) is 19.0 Å². The van der Waals surface area contributed by atoms with Crippen molar-refractivity contribution in [3.05, 3.63) is 17.8 Å². The molecule has 1 aliphatic rings. The molecular weight excluding hydrogens is 286 g/mol. The summed E-state index contributed by atoms with van der Waals surface area (Å²) in [6.07, 6.45) is 8.39. The first kappa shape index (κ1) is 15.9. The maximum Gasteiger partial charge on any atom is 0.340 e. The third-order valence-corrected chi connectivity index (χ3v) is 4.93. The van der Waals surface area contributed by atoms with Gasteiger partial charge in [-0.25, -0.2) is 9.78 Å². The van der Waals surface area contributed by atoms with Gasteiger partial charge in [0.05, 0.1) is 24.1 Å². The Balaban J connectivity index is 2.01. The zero-order valence-electron chi connectivity index (χ0n) is 12.6. The number of nitrogens with one attached hydrogen (secondary N) is 1. The van der Waals surface area contributed by atoms with Gasteiger partial charge >= 0.3 is 5.97 Å². The van der Waals surface area contributed by atoms with E-state index >= 15 is 0 Å². The van der Waals surface area contributed by atoms with Crippen LogP contribution in [0.25, 0.3) is 0 Å². The average molecular weight is 309 g/mol. The lowest BCUT2D eigenvalue weighted by atomic mass is 9.95. The molecule has 6 heteroatoms. The number of ether oxygens (including phenoxy) is 1. The zero-order chi connectivity index (χ0) is 15.2. The van der Waals surface area contributed by atoms with Crippen molar-refractivity contribution in [1.29, 1.82) is 0 Å². The summed E-state index contributed by atoms with van der Waals surface area (Å²) < 4.78 is 5.01. The fourth-order valence-corrected chi connectivity index (χ4v) is 3.33. The number of carbonyl (C=O) groups excluding carboxylic acids is 1. The van der Waals surface area contributed by atoms with Crippen molar-refractivity contribution in [1.82, 2.24) is 4.98 Å². The zero-order valence-corrected chi connectivity index (χ0v) is 13.4. The molecule has 2 rings (SSSR count). The largest absolute Gasteiger partial charge is 0.462 e. The lowest BCUT2D eigenvalue weighted by Gasteiger charge is -2.28. The Hall–Kier alpha value is -1.43. The number of aromatic nitrogens is 1. The van der Waals surface area contributed by atoms with Crippen molar-refractivity contribution >= 4 is 29.2 Å². The molecule has 1 aromatic heterocycles. The Kier molecular flexibility index (Phi) is 5.73. The highest BCUT2D eigenvalue weighted by molar-refractivity contribution is 7.99. The van der Waals surface area contributed by atoms with Crippen molar-refractivity contribution in [3.8, 4) is 0 Å². The number of carbonyl (C=O) groups is 1. The predicted octanol–water partition coefficient (Wildman–Crippen LogP) is 2.93. The molecule has 0 saturated heterocycles. The van der Waals surface area contributed by atoms with E-state index in [9.17, 15) is 4.79 Å². The molecule has 0 radical (unpaired) electrons. The summed E-state index contributed by atoms with van der Waals surface area (Å²) in [6, 6.07) is 2.10. The summed E-state index contributed by atoms with van der Waals surface area (Å²) in [5.74, 6) is 0.298. The minimum absolute atomic E-state index is 0.335. The molecule has 116 valence electrons. The van der Waals surface area contributed by atoms with Crippen molar-refractivity contribution < 1.29 is 9.53 Å². The van der Waals surface area contributed by atoms with Gasteiger partial charge in [0.1, 0.15) is 5.82 Å². The number of nitrogen functional groups attached to an aromatic ring is 1. The summed E-state index contributed by atoms with van der Waals surface area (Å²) in [6.45, 7) is 2.11. The summed E-state index contributed by atoms with van der Waals surface area (Å²) in [5.41, 5.74) is 6.53. The molecule has 0 unspecified atom stereocenters. The van der Waals surface area contributed by atoms with E-state index in [1.54, 1.807) is 13.0 Å². The number of hydrogen-bond donors (Lipinski definition) is 2. The molecule has 21 heavy (non-hydrogen) atoms. The third-order valence-electron chi connectivity index (χ3n) is 3.79. The highest BCUT2D eigenvalue weighted by Gasteiger charge is 2.21. The number of rotatable bonds is 5. The van der Waals surface area contributed by atoms with Crippen molar-refractivity contribution in [2.75, 3.05) is 23.9 Å². The van der Waals surface area contributed by atoms with Crippen LogP contribution >= 0.6 is 11.8 Å². The Morgan fingerprint density at radius 3 is 2.81 bits per heavy atom. The van der Waals surface area contributed by atoms with Gasteiger partial charge in [-0.15, -0.1) is 0 Å². The van der Waals surface area contributed by atoms with Crippen LogP contribution in [0.3, 0.4) is 0 Å². The number of nitrogens with zero attached hydrogens (tertiary/aromatic N) is 1. The topological polar surface area (TPSA) is 77.2 Å². The van der Waals surface area contributed by atoms with Gasteiger partial charge in [0.15, 0.2) is 0 Å². The van der Waals surface area contributed by atoms with Crippen LogP contribution in [-0.2, 0) is 4.74 Å². The molecule has 3 N–H and O–H groups in total.